The molecule has 1 aliphatic heterocycles. The number of alkyl halides is 1. The zero-order chi connectivity index (χ0) is 26.9. The number of hydrogen-bond acceptors (Lipinski definition) is 4. The van der Waals surface area contributed by atoms with Crippen LogP contribution in [0.3, 0.4) is 0 Å². The SMILES string of the molecule is CCCCCCCCCN1C[C@H](Cl)[C@@H](O)[C@H](O)[C@H]1CO[Si](c1ccccc1)(c1ccccc1)C(C)(C)C. The second-order valence-corrected chi connectivity index (χ2v) is 16.5. The van der Waals surface area contributed by atoms with Crippen molar-refractivity contribution in [2.45, 2.75) is 101 Å². The Kier molecular flexibility index (Phi) is 11.7. The fourth-order valence-corrected chi connectivity index (χ4v) is 10.7. The van der Waals surface area contributed by atoms with Crippen molar-refractivity contribution in [3.8, 4) is 0 Å². The maximum Gasteiger partial charge on any atom is 0.261 e. The van der Waals surface area contributed by atoms with Gasteiger partial charge in [0.1, 0.15) is 0 Å². The predicted molar refractivity (Wildman–Crippen MR) is 159 cm³/mol. The molecule has 1 heterocycles. The molecule has 0 bridgehead atoms. The lowest BCUT2D eigenvalue weighted by Crippen LogP contribution is -2.69. The smallest absolute Gasteiger partial charge is 0.261 e. The second-order valence-electron chi connectivity index (χ2n) is 11.7. The average molecular weight is 546 g/mol. The van der Waals surface area contributed by atoms with Crippen LogP contribution in [-0.2, 0) is 4.43 Å². The first-order chi connectivity index (χ1) is 17.7. The molecule has 0 radical (unpaired) electrons. The lowest BCUT2D eigenvalue weighted by Gasteiger charge is -2.47. The number of likely N-dealkylation sites (tertiary alicyclic amines) is 1. The summed E-state index contributed by atoms with van der Waals surface area (Å²) in [4.78, 5) is 2.26. The van der Waals surface area contributed by atoms with Crippen LogP contribution in [0.4, 0.5) is 0 Å². The number of aliphatic hydroxyl groups excluding tert-OH is 2. The summed E-state index contributed by atoms with van der Waals surface area (Å²) >= 11 is 6.49. The van der Waals surface area contributed by atoms with Gasteiger partial charge in [0.2, 0.25) is 0 Å². The minimum Gasteiger partial charge on any atom is -0.406 e. The van der Waals surface area contributed by atoms with E-state index >= 15 is 0 Å². The van der Waals surface area contributed by atoms with Crippen LogP contribution >= 0.6 is 11.6 Å². The Morgan fingerprint density at radius 2 is 1.35 bits per heavy atom. The van der Waals surface area contributed by atoms with Crippen LogP contribution in [0, 0.1) is 0 Å². The van der Waals surface area contributed by atoms with Gasteiger partial charge in [-0.15, -0.1) is 11.6 Å². The van der Waals surface area contributed by atoms with Crippen molar-refractivity contribution in [2.24, 2.45) is 0 Å². The van der Waals surface area contributed by atoms with Crippen molar-refractivity contribution < 1.29 is 14.6 Å². The Labute approximate surface area is 231 Å². The highest BCUT2D eigenvalue weighted by Crippen LogP contribution is 2.37. The monoisotopic (exact) mass is 545 g/mol. The van der Waals surface area contributed by atoms with E-state index in [1.807, 2.05) is 12.1 Å². The van der Waals surface area contributed by atoms with E-state index in [4.69, 9.17) is 16.0 Å². The van der Waals surface area contributed by atoms with Crippen molar-refractivity contribution in [1.82, 2.24) is 4.90 Å². The van der Waals surface area contributed by atoms with Gasteiger partial charge in [-0.25, -0.2) is 0 Å². The first kappa shape index (κ1) is 30.3. The molecule has 6 heteroatoms. The summed E-state index contributed by atoms with van der Waals surface area (Å²) in [5, 5.41) is 23.7. The van der Waals surface area contributed by atoms with E-state index in [-0.39, 0.29) is 11.1 Å². The summed E-state index contributed by atoms with van der Waals surface area (Å²) in [5.74, 6) is 0. The van der Waals surface area contributed by atoms with Gasteiger partial charge in [-0.3, -0.25) is 4.90 Å². The van der Waals surface area contributed by atoms with E-state index in [2.05, 4.69) is 81.1 Å². The van der Waals surface area contributed by atoms with Crippen LogP contribution in [-0.4, -0.2) is 66.8 Å². The van der Waals surface area contributed by atoms with Crippen molar-refractivity contribution in [1.29, 1.82) is 0 Å². The normalized spacial score (nSPS) is 23.3. The Bertz CT molecular complexity index is 868. The lowest BCUT2D eigenvalue weighted by molar-refractivity contribution is -0.0852. The number of piperidine rings is 1. The van der Waals surface area contributed by atoms with Gasteiger partial charge in [0.15, 0.2) is 0 Å². The highest BCUT2D eigenvalue weighted by Gasteiger charge is 2.51. The third-order valence-electron chi connectivity index (χ3n) is 7.93. The van der Waals surface area contributed by atoms with Gasteiger partial charge in [-0.2, -0.15) is 0 Å². The third kappa shape index (κ3) is 7.46. The third-order valence-corrected chi connectivity index (χ3v) is 13.3. The molecule has 3 rings (SSSR count). The first-order valence-corrected chi connectivity index (χ1v) is 16.6. The van der Waals surface area contributed by atoms with Crippen molar-refractivity contribution in [3.05, 3.63) is 60.7 Å². The van der Waals surface area contributed by atoms with Crippen molar-refractivity contribution >= 4 is 30.3 Å². The van der Waals surface area contributed by atoms with E-state index < -0.39 is 25.9 Å². The van der Waals surface area contributed by atoms with Crippen LogP contribution < -0.4 is 10.4 Å². The lowest BCUT2D eigenvalue weighted by atomic mass is 9.95. The molecule has 206 valence electrons. The number of nitrogens with zero attached hydrogens (tertiary/aromatic N) is 1. The van der Waals surface area contributed by atoms with E-state index in [1.54, 1.807) is 0 Å². The summed E-state index contributed by atoms with van der Waals surface area (Å²) in [6.45, 7) is 10.8. The van der Waals surface area contributed by atoms with Crippen molar-refractivity contribution in [2.75, 3.05) is 19.7 Å². The molecular weight excluding hydrogens is 498 g/mol. The predicted octanol–water partition coefficient (Wildman–Crippen LogP) is 5.33. The zero-order valence-electron chi connectivity index (χ0n) is 23.3. The number of unbranched alkanes of at least 4 members (excludes halogenated alkanes) is 6. The largest absolute Gasteiger partial charge is 0.406 e. The van der Waals surface area contributed by atoms with Gasteiger partial charge in [0.25, 0.3) is 8.32 Å². The van der Waals surface area contributed by atoms with Gasteiger partial charge in [-0.05, 0) is 28.4 Å². The van der Waals surface area contributed by atoms with Gasteiger partial charge in [0, 0.05) is 6.54 Å². The number of benzene rings is 2. The molecule has 2 N–H and O–H groups in total. The molecule has 2 aromatic rings. The Morgan fingerprint density at radius 1 is 0.838 bits per heavy atom. The topological polar surface area (TPSA) is 52.9 Å². The number of aliphatic hydroxyl groups is 2. The van der Waals surface area contributed by atoms with Crippen LogP contribution in [0.1, 0.15) is 72.6 Å². The van der Waals surface area contributed by atoms with Gasteiger partial charge in [0.05, 0.1) is 30.2 Å². The number of hydrogen-bond donors (Lipinski definition) is 2. The summed E-state index contributed by atoms with van der Waals surface area (Å²) < 4.78 is 7.14. The maximum absolute atomic E-state index is 11.2. The molecule has 0 saturated carbocycles. The van der Waals surface area contributed by atoms with Crippen LogP contribution in [0.25, 0.3) is 0 Å². The van der Waals surface area contributed by atoms with E-state index in [0.717, 1.165) is 13.0 Å². The number of halogens is 1. The van der Waals surface area contributed by atoms with E-state index in [1.165, 1.54) is 48.9 Å². The highest BCUT2D eigenvalue weighted by molar-refractivity contribution is 6.99. The molecule has 2 aromatic carbocycles. The van der Waals surface area contributed by atoms with Gasteiger partial charge >= 0.3 is 0 Å². The van der Waals surface area contributed by atoms with Crippen LogP contribution in [0.15, 0.2) is 60.7 Å². The fourth-order valence-electron chi connectivity index (χ4n) is 5.83. The minimum atomic E-state index is -2.74. The fraction of sp³-hybridized carbons (Fsp3) is 0.613. The molecule has 0 unspecified atom stereocenters. The first-order valence-electron chi connectivity index (χ1n) is 14.2. The van der Waals surface area contributed by atoms with E-state index in [9.17, 15) is 10.2 Å². The summed E-state index contributed by atoms with van der Waals surface area (Å²) in [6, 6.07) is 20.8. The Morgan fingerprint density at radius 3 is 1.86 bits per heavy atom. The highest BCUT2D eigenvalue weighted by atomic mass is 35.5. The number of rotatable bonds is 13. The molecule has 4 nitrogen and oxygen atoms in total. The summed E-state index contributed by atoms with van der Waals surface area (Å²) in [5.41, 5.74) is 0. The molecule has 0 spiro atoms. The maximum atomic E-state index is 11.2. The standard InChI is InChI=1S/C31H48ClNO3Si/c1-5-6-7-8-9-10-17-22-33-23-27(32)29(34)30(35)28(33)24-36-37(31(2,3)4,25-18-13-11-14-19-25)26-20-15-12-16-21-26/h11-16,18-21,27-30,34-35H,5-10,17,22-24H2,1-4H3/t27-,28+,29+,30+/m0/s1. The molecular formula is C31H48ClNO3Si. The van der Waals surface area contributed by atoms with E-state index in [0.29, 0.717) is 13.2 Å². The molecule has 0 amide bonds. The molecule has 1 aliphatic rings. The molecule has 1 fully saturated rings. The van der Waals surface area contributed by atoms with Gasteiger partial charge in [-0.1, -0.05) is 127 Å². The van der Waals surface area contributed by atoms with Gasteiger partial charge < -0.3 is 14.6 Å². The summed E-state index contributed by atoms with van der Waals surface area (Å²) in [6.07, 6.45) is 6.75. The molecule has 4 atom stereocenters. The zero-order valence-corrected chi connectivity index (χ0v) is 25.0. The summed E-state index contributed by atoms with van der Waals surface area (Å²) in [7, 11) is -2.74. The second kappa shape index (κ2) is 14.3. The quantitative estimate of drug-likeness (QED) is 0.203. The van der Waals surface area contributed by atoms with Crippen LogP contribution in [0.5, 0.6) is 0 Å². The molecule has 0 aromatic heterocycles. The molecule has 1 saturated heterocycles. The molecule has 0 aliphatic carbocycles. The Hall–Kier alpha value is -1.21. The minimum absolute atomic E-state index is 0.147. The van der Waals surface area contributed by atoms with Crippen molar-refractivity contribution in [3.63, 3.8) is 0 Å². The average Bonchev–Trinajstić information content (AvgIpc) is 2.89. The van der Waals surface area contributed by atoms with Crippen LogP contribution in [0.2, 0.25) is 5.04 Å². The molecule has 37 heavy (non-hydrogen) atoms. The Balaban J connectivity index is 1.83.